The molecule has 0 radical (unpaired) electrons. The maximum absolute atomic E-state index is 13.2. The number of hydrogen-bond donors (Lipinski definition) is 0. The molecular formula is C18H22ClN3O3S. The van der Waals surface area contributed by atoms with Crippen molar-refractivity contribution in [2.45, 2.75) is 36.5 Å². The molecule has 140 valence electrons. The van der Waals surface area contributed by atoms with E-state index in [-0.39, 0.29) is 10.9 Å². The van der Waals surface area contributed by atoms with Crippen molar-refractivity contribution in [2.24, 2.45) is 0 Å². The summed E-state index contributed by atoms with van der Waals surface area (Å²) in [5, 5.41) is 0.493. The number of sulfone groups is 1. The number of ether oxygens (including phenoxy) is 1. The summed E-state index contributed by atoms with van der Waals surface area (Å²) in [6.07, 6.45) is 1.42. The zero-order chi connectivity index (χ0) is 18.9. The van der Waals surface area contributed by atoms with Crippen LogP contribution >= 0.6 is 11.6 Å². The van der Waals surface area contributed by atoms with Crippen molar-refractivity contribution in [3.63, 3.8) is 0 Å². The normalized spacial score (nSPS) is 18.8. The van der Waals surface area contributed by atoms with E-state index in [1.54, 1.807) is 32.0 Å². The van der Waals surface area contributed by atoms with Crippen LogP contribution in [-0.2, 0) is 19.3 Å². The minimum Gasteiger partial charge on any atom is -0.377 e. The van der Waals surface area contributed by atoms with E-state index in [9.17, 15) is 8.42 Å². The standard InChI is InChI=1S/C18H22ClN3O3S/c1-13-11-25-9-8-22(13)17-10-16(20-12-21-17)18(2,3)26(23,24)15-6-4-14(19)5-7-15/h4-7,10,12-13H,8-9,11H2,1-3H3/t13-/m0/s1. The molecule has 1 saturated heterocycles. The second-order valence-electron chi connectivity index (χ2n) is 6.85. The molecule has 0 N–H and O–H groups in total. The lowest BCUT2D eigenvalue weighted by molar-refractivity contribution is 0.0985. The molecule has 26 heavy (non-hydrogen) atoms. The van der Waals surface area contributed by atoms with E-state index in [4.69, 9.17) is 16.3 Å². The van der Waals surface area contributed by atoms with Crippen LogP contribution in [0, 0.1) is 0 Å². The molecule has 8 heteroatoms. The minimum absolute atomic E-state index is 0.169. The highest BCUT2D eigenvalue weighted by molar-refractivity contribution is 7.92. The molecule has 2 aromatic rings. The largest absolute Gasteiger partial charge is 0.377 e. The van der Waals surface area contributed by atoms with E-state index < -0.39 is 14.6 Å². The molecule has 1 aliphatic rings. The van der Waals surface area contributed by atoms with Crippen molar-refractivity contribution >= 4 is 27.3 Å². The molecule has 1 aromatic carbocycles. The fourth-order valence-corrected chi connectivity index (χ4v) is 4.54. The van der Waals surface area contributed by atoms with Gasteiger partial charge in [-0.2, -0.15) is 0 Å². The molecule has 1 aliphatic heterocycles. The Labute approximate surface area is 159 Å². The van der Waals surface area contributed by atoms with E-state index in [2.05, 4.69) is 21.8 Å². The second kappa shape index (κ2) is 7.13. The Bertz CT molecular complexity index is 885. The third-order valence-electron chi connectivity index (χ3n) is 4.73. The highest BCUT2D eigenvalue weighted by Gasteiger charge is 2.39. The van der Waals surface area contributed by atoms with Crippen LogP contribution in [-0.4, -0.2) is 44.2 Å². The average molecular weight is 396 g/mol. The Hall–Kier alpha value is -1.70. The third-order valence-corrected chi connectivity index (χ3v) is 7.42. The summed E-state index contributed by atoms with van der Waals surface area (Å²) in [5.74, 6) is 0.713. The first-order chi connectivity index (χ1) is 12.2. The lowest BCUT2D eigenvalue weighted by Crippen LogP contribution is -2.44. The monoisotopic (exact) mass is 395 g/mol. The smallest absolute Gasteiger partial charge is 0.189 e. The van der Waals surface area contributed by atoms with E-state index >= 15 is 0 Å². The summed E-state index contributed by atoms with van der Waals surface area (Å²) >= 11 is 5.88. The first kappa shape index (κ1) is 19.1. The molecule has 6 nitrogen and oxygen atoms in total. The van der Waals surface area contributed by atoms with E-state index in [1.807, 2.05) is 0 Å². The molecule has 1 fully saturated rings. The second-order valence-corrected chi connectivity index (χ2v) is 9.78. The molecule has 0 aliphatic carbocycles. The van der Waals surface area contributed by atoms with Crippen LogP contribution in [0.3, 0.4) is 0 Å². The van der Waals surface area contributed by atoms with Crippen LogP contribution in [0.1, 0.15) is 26.5 Å². The minimum atomic E-state index is -3.66. The molecular weight excluding hydrogens is 374 g/mol. The van der Waals surface area contributed by atoms with Gasteiger partial charge in [-0.3, -0.25) is 0 Å². The molecule has 2 heterocycles. The lowest BCUT2D eigenvalue weighted by Gasteiger charge is -2.35. The van der Waals surface area contributed by atoms with E-state index in [0.29, 0.717) is 36.3 Å². The van der Waals surface area contributed by atoms with Gasteiger partial charge in [0.15, 0.2) is 9.84 Å². The molecule has 0 amide bonds. The van der Waals surface area contributed by atoms with Gasteiger partial charge >= 0.3 is 0 Å². The molecule has 0 spiro atoms. The zero-order valence-electron chi connectivity index (χ0n) is 15.0. The molecule has 0 unspecified atom stereocenters. The van der Waals surface area contributed by atoms with Gasteiger partial charge in [-0.15, -0.1) is 0 Å². The van der Waals surface area contributed by atoms with Gasteiger partial charge in [0.2, 0.25) is 0 Å². The van der Waals surface area contributed by atoms with Gasteiger partial charge in [0, 0.05) is 17.6 Å². The first-order valence-corrected chi connectivity index (χ1v) is 10.3. The van der Waals surface area contributed by atoms with Crippen molar-refractivity contribution in [3.8, 4) is 0 Å². The van der Waals surface area contributed by atoms with Gasteiger partial charge in [0.1, 0.15) is 16.9 Å². The molecule has 3 rings (SSSR count). The average Bonchev–Trinajstić information content (AvgIpc) is 2.62. The summed E-state index contributed by atoms with van der Waals surface area (Å²) < 4.78 is 30.6. The number of hydrogen-bond acceptors (Lipinski definition) is 6. The van der Waals surface area contributed by atoms with Gasteiger partial charge in [-0.1, -0.05) is 11.6 Å². The Morgan fingerprint density at radius 3 is 2.58 bits per heavy atom. The van der Waals surface area contributed by atoms with E-state index in [1.165, 1.54) is 18.5 Å². The number of anilines is 1. The number of benzene rings is 1. The molecule has 0 saturated carbocycles. The van der Waals surface area contributed by atoms with Gasteiger partial charge < -0.3 is 9.64 Å². The lowest BCUT2D eigenvalue weighted by atomic mass is 10.1. The fourth-order valence-electron chi connectivity index (χ4n) is 2.95. The van der Waals surface area contributed by atoms with Gasteiger partial charge in [-0.05, 0) is 45.0 Å². The van der Waals surface area contributed by atoms with Crippen LogP contribution in [0.15, 0.2) is 41.6 Å². The summed E-state index contributed by atoms with van der Waals surface area (Å²) in [5.41, 5.74) is 0.455. The van der Waals surface area contributed by atoms with Crippen molar-refractivity contribution in [2.75, 3.05) is 24.7 Å². The van der Waals surface area contributed by atoms with Crippen LogP contribution in [0.5, 0.6) is 0 Å². The highest BCUT2D eigenvalue weighted by atomic mass is 35.5. The van der Waals surface area contributed by atoms with Crippen molar-refractivity contribution in [1.82, 2.24) is 9.97 Å². The Kier molecular flexibility index (Phi) is 5.23. The quantitative estimate of drug-likeness (QED) is 0.792. The Balaban J connectivity index is 1.99. The molecule has 1 aromatic heterocycles. The van der Waals surface area contributed by atoms with Crippen LogP contribution in [0.4, 0.5) is 5.82 Å². The Morgan fingerprint density at radius 1 is 1.23 bits per heavy atom. The van der Waals surface area contributed by atoms with Crippen LogP contribution < -0.4 is 4.90 Å². The van der Waals surface area contributed by atoms with Crippen molar-refractivity contribution < 1.29 is 13.2 Å². The number of halogens is 1. The van der Waals surface area contributed by atoms with Crippen LogP contribution in [0.2, 0.25) is 5.02 Å². The van der Waals surface area contributed by atoms with Crippen LogP contribution in [0.25, 0.3) is 0 Å². The number of rotatable bonds is 4. The number of nitrogens with zero attached hydrogens (tertiary/aromatic N) is 3. The van der Waals surface area contributed by atoms with Crippen molar-refractivity contribution in [1.29, 1.82) is 0 Å². The molecule has 0 bridgehead atoms. The number of morpholine rings is 1. The SMILES string of the molecule is C[C@H]1COCCN1c1cc(C(C)(C)S(=O)(=O)c2ccc(Cl)cc2)ncn1. The predicted molar refractivity (Wildman–Crippen MR) is 101 cm³/mol. The first-order valence-electron chi connectivity index (χ1n) is 8.40. The Morgan fingerprint density at radius 2 is 1.92 bits per heavy atom. The van der Waals surface area contributed by atoms with E-state index in [0.717, 1.165) is 0 Å². The summed E-state index contributed by atoms with van der Waals surface area (Å²) in [4.78, 5) is 10.9. The predicted octanol–water partition coefficient (Wildman–Crippen LogP) is 3.06. The third kappa shape index (κ3) is 3.43. The fraction of sp³-hybridized carbons (Fsp3) is 0.444. The molecule has 1 atom stereocenters. The highest BCUT2D eigenvalue weighted by Crippen LogP contribution is 2.35. The summed E-state index contributed by atoms with van der Waals surface area (Å²) in [7, 11) is -3.66. The summed E-state index contributed by atoms with van der Waals surface area (Å²) in [6.45, 7) is 7.32. The topological polar surface area (TPSA) is 72.4 Å². The van der Waals surface area contributed by atoms with Crippen molar-refractivity contribution in [3.05, 3.63) is 47.4 Å². The van der Waals surface area contributed by atoms with Gasteiger partial charge in [0.25, 0.3) is 0 Å². The van der Waals surface area contributed by atoms with Gasteiger partial charge in [-0.25, -0.2) is 18.4 Å². The maximum atomic E-state index is 13.2. The summed E-state index contributed by atoms with van der Waals surface area (Å²) in [6, 6.07) is 8.12. The van der Waals surface area contributed by atoms with Gasteiger partial charge in [0.05, 0.1) is 29.8 Å². The zero-order valence-corrected chi connectivity index (χ0v) is 16.6. The maximum Gasteiger partial charge on any atom is 0.189 e. The number of aromatic nitrogens is 2.